The van der Waals surface area contributed by atoms with Crippen LogP contribution in [0.15, 0.2) is 0 Å². The highest BCUT2D eigenvalue weighted by Gasteiger charge is 2.21. The number of amides is 1. The molecule has 12 heavy (non-hydrogen) atoms. The molecule has 1 N–H and O–H groups in total. The number of carbonyl (C=O) groups is 1. The summed E-state index contributed by atoms with van der Waals surface area (Å²) in [6.07, 6.45) is 1.09. The van der Waals surface area contributed by atoms with Gasteiger partial charge < -0.3 is 10.2 Å². The Morgan fingerprint density at radius 1 is 1.50 bits per heavy atom. The van der Waals surface area contributed by atoms with Gasteiger partial charge in [0.1, 0.15) is 0 Å². The highest BCUT2D eigenvalue weighted by atomic mass is 35.5. The lowest BCUT2D eigenvalue weighted by molar-refractivity contribution is -0.127. The number of hydrogen-bond donors (Lipinski definition) is 1. The molecule has 5 heteroatoms. The van der Waals surface area contributed by atoms with Gasteiger partial charge in [-0.25, -0.2) is 0 Å². The molecule has 0 aromatic carbocycles. The van der Waals surface area contributed by atoms with Crippen molar-refractivity contribution in [2.75, 3.05) is 20.1 Å². The normalized spacial score (nSPS) is 21.2. The zero-order valence-corrected chi connectivity index (χ0v) is 9.00. The van der Waals surface area contributed by atoms with Crippen molar-refractivity contribution in [1.29, 1.82) is 0 Å². The van der Waals surface area contributed by atoms with Crippen molar-refractivity contribution in [3.05, 3.63) is 0 Å². The molecule has 1 heterocycles. The van der Waals surface area contributed by atoms with E-state index in [1.165, 1.54) is 0 Å². The molecule has 1 atom stereocenters. The smallest absolute Gasteiger partial charge is 0.219 e. The molecular formula is C7H16Cl2N2O. The third kappa shape index (κ3) is 3.61. The minimum atomic E-state index is 0. The second kappa shape index (κ2) is 6.52. The van der Waals surface area contributed by atoms with Gasteiger partial charge in [0.05, 0.1) is 0 Å². The maximum Gasteiger partial charge on any atom is 0.219 e. The molecule has 1 aliphatic rings. The van der Waals surface area contributed by atoms with Crippen molar-refractivity contribution >= 4 is 30.7 Å². The van der Waals surface area contributed by atoms with Crippen molar-refractivity contribution in [2.45, 2.75) is 19.4 Å². The summed E-state index contributed by atoms with van der Waals surface area (Å²) in [5, 5.41) is 3.15. The number of nitrogens with zero attached hydrogens (tertiary/aromatic N) is 1. The van der Waals surface area contributed by atoms with E-state index in [9.17, 15) is 4.79 Å². The summed E-state index contributed by atoms with van der Waals surface area (Å²) in [5.74, 6) is 0.192. The van der Waals surface area contributed by atoms with E-state index in [-0.39, 0.29) is 30.7 Å². The van der Waals surface area contributed by atoms with Crippen molar-refractivity contribution < 1.29 is 4.79 Å². The van der Waals surface area contributed by atoms with Gasteiger partial charge in [-0.1, -0.05) is 0 Å². The molecule has 3 nitrogen and oxygen atoms in total. The average Bonchev–Trinajstić information content (AvgIpc) is 2.34. The van der Waals surface area contributed by atoms with Gasteiger partial charge in [0.25, 0.3) is 0 Å². The van der Waals surface area contributed by atoms with Gasteiger partial charge in [-0.15, -0.1) is 24.8 Å². The van der Waals surface area contributed by atoms with Crippen LogP contribution in [0.5, 0.6) is 0 Å². The Morgan fingerprint density at radius 2 is 2.08 bits per heavy atom. The first-order valence-corrected chi connectivity index (χ1v) is 3.67. The van der Waals surface area contributed by atoms with E-state index in [0.29, 0.717) is 6.04 Å². The van der Waals surface area contributed by atoms with Crippen LogP contribution in [0.25, 0.3) is 0 Å². The fourth-order valence-electron chi connectivity index (χ4n) is 1.28. The largest absolute Gasteiger partial charge is 0.341 e. The van der Waals surface area contributed by atoms with Crippen LogP contribution in [0.1, 0.15) is 13.3 Å². The molecular weight excluding hydrogens is 199 g/mol. The maximum absolute atomic E-state index is 10.8. The third-order valence-electron chi connectivity index (χ3n) is 2.04. The lowest BCUT2D eigenvalue weighted by Crippen LogP contribution is -2.31. The number of likely N-dealkylation sites (tertiary alicyclic amines) is 1. The van der Waals surface area contributed by atoms with E-state index in [2.05, 4.69) is 5.32 Å². The summed E-state index contributed by atoms with van der Waals surface area (Å²) in [5.41, 5.74) is 0. The second-order valence-corrected chi connectivity index (χ2v) is 2.74. The molecule has 0 saturated carbocycles. The van der Waals surface area contributed by atoms with E-state index in [1.807, 2.05) is 11.9 Å². The molecule has 1 saturated heterocycles. The van der Waals surface area contributed by atoms with Gasteiger partial charge in [-0.05, 0) is 13.5 Å². The molecule has 0 radical (unpaired) electrons. The van der Waals surface area contributed by atoms with E-state index in [1.54, 1.807) is 6.92 Å². The summed E-state index contributed by atoms with van der Waals surface area (Å²) in [6.45, 7) is 3.42. The van der Waals surface area contributed by atoms with Crippen LogP contribution >= 0.6 is 24.8 Å². The van der Waals surface area contributed by atoms with Gasteiger partial charge in [-0.2, -0.15) is 0 Å². The van der Waals surface area contributed by atoms with Crippen LogP contribution in [0.2, 0.25) is 0 Å². The van der Waals surface area contributed by atoms with Crippen LogP contribution < -0.4 is 5.32 Å². The highest BCUT2D eigenvalue weighted by molar-refractivity contribution is 5.85. The lowest BCUT2D eigenvalue weighted by atomic mass is 10.3. The summed E-state index contributed by atoms with van der Waals surface area (Å²) in [7, 11) is 1.94. The van der Waals surface area contributed by atoms with Gasteiger partial charge in [0.15, 0.2) is 0 Å². The zero-order valence-electron chi connectivity index (χ0n) is 7.37. The van der Waals surface area contributed by atoms with Crippen molar-refractivity contribution in [3.63, 3.8) is 0 Å². The van der Waals surface area contributed by atoms with Crippen molar-refractivity contribution in [2.24, 2.45) is 0 Å². The number of halogens is 2. The van der Waals surface area contributed by atoms with Gasteiger partial charge >= 0.3 is 0 Å². The summed E-state index contributed by atoms with van der Waals surface area (Å²) in [4.78, 5) is 12.7. The topological polar surface area (TPSA) is 32.3 Å². The molecule has 1 aliphatic heterocycles. The fraction of sp³-hybridized carbons (Fsp3) is 0.857. The molecule has 0 aromatic heterocycles. The number of carbonyl (C=O) groups excluding carboxylic acids is 1. The van der Waals surface area contributed by atoms with Crippen LogP contribution in [0.3, 0.4) is 0 Å². The first-order valence-electron chi connectivity index (χ1n) is 3.67. The predicted octanol–water partition coefficient (Wildman–Crippen LogP) is 0.670. The molecule has 0 aromatic rings. The number of hydrogen-bond acceptors (Lipinski definition) is 2. The van der Waals surface area contributed by atoms with Crippen LogP contribution in [0.4, 0.5) is 0 Å². The van der Waals surface area contributed by atoms with Crippen LogP contribution in [-0.4, -0.2) is 37.0 Å². The predicted molar refractivity (Wildman–Crippen MR) is 54.2 cm³/mol. The van der Waals surface area contributed by atoms with Crippen molar-refractivity contribution in [3.8, 4) is 0 Å². The molecule has 0 spiro atoms. The molecule has 0 aliphatic carbocycles. The quantitative estimate of drug-likeness (QED) is 0.697. The highest BCUT2D eigenvalue weighted by Crippen LogP contribution is 2.07. The van der Waals surface area contributed by atoms with E-state index < -0.39 is 0 Å². The Kier molecular flexibility index (Phi) is 7.89. The first-order chi connectivity index (χ1) is 4.74. The Labute approximate surface area is 85.7 Å². The number of likely N-dealkylation sites (N-methyl/N-ethyl adjacent to an activating group) is 1. The Balaban J connectivity index is 0. The zero-order chi connectivity index (χ0) is 7.56. The Morgan fingerprint density at radius 3 is 2.33 bits per heavy atom. The number of nitrogens with one attached hydrogen (secondary N) is 1. The van der Waals surface area contributed by atoms with Gasteiger partial charge in [-0.3, -0.25) is 4.79 Å². The minimum Gasteiger partial charge on any atom is -0.341 e. The SMILES string of the molecule is CNC1CCN(C(C)=O)C1.Cl.Cl. The van der Waals surface area contributed by atoms with Crippen LogP contribution in [0, 0.1) is 0 Å². The molecule has 74 valence electrons. The molecule has 1 fully saturated rings. The molecule has 1 amide bonds. The Hall–Kier alpha value is 0.01000. The maximum atomic E-state index is 10.8. The third-order valence-corrected chi connectivity index (χ3v) is 2.04. The lowest BCUT2D eigenvalue weighted by Gasteiger charge is -2.12. The van der Waals surface area contributed by atoms with E-state index >= 15 is 0 Å². The second-order valence-electron chi connectivity index (χ2n) is 2.74. The standard InChI is InChI=1S/C7H14N2O.2ClH/c1-6(10)9-4-3-7(5-9)8-2;;/h7-8H,3-5H2,1-2H3;2*1H. The fourth-order valence-corrected chi connectivity index (χ4v) is 1.28. The molecule has 0 bridgehead atoms. The van der Waals surface area contributed by atoms with Crippen molar-refractivity contribution in [1.82, 2.24) is 10.2 Å². The first kappa shape index (κ1) is 14.5. The van der Waals surface area contributed by atoms with Gasteiger partial charge in [0, 0.05) is 26.1 Å². The minimum absolute atomic E-state index is 0. The van der Waals surface area contributed by atoms with E-state index in [0.717, 1.165) is 19.5 Å². The molecule has 1 unspecified atom stereocenters. The number of rotatable bonds is 1. The summed E-state index contributed by atoms with van der Waals surface area (Å²) < 4.78 is 0. The summed E-state index contributed by atoms with van der Waals surface area (Å²) in [6, 6.07) is 0.517. The Bertz CT molecular complexity index is 143. The monoisotopic (exact) mass is 214 g/mol. The summed E-state index contributed by atoms with van der Waals surface area (Å²) >= 11 is 0. The van der Waals surface area contributed by atoms with Gasteiger partial charge in [0.2, 0.25) is 5.91 Å². The van der Waals surface area contributed by atoms with E-state index in [4.69, 9.17) is 0 Å². The average molecular weight is 215 g/mol. The van der Waals surface area contributed by atoms with Crippen LogP contribution in [-0.2, 0) is 4.79 Å². The molecule has 1 rings (SSSR count).